The van der Waals surface area contributed by atoms with Gasteiger partial charge in [0.25, 0.3) is 0 Å². The Morgan fingerprint density at radius 1 is 1.08 bits per heavy atom. The molecule has 0 spiro atoms. The molecule has 4 rings (SSSR count). The van der Waals surface area contributed by atoms with E-state index in [9.17, 15) is 5.26 Å². The van der Waals surface area contributed by atoms with Crippen LogP contribution in [0, 0.1) is 17.2 Å². The van der Waals surface area contributed by atoms with E-state index in [0.717, 1.165) is 34.0 Å². The van der Waals surface area contributed by atoms with Crippen molar-refractivity contribution in [3.05, 3.63) is 53.7 Å². The number of benzene rings is 2. The molecule has 2 aromatic heterocycles. The van der Waals surface area contributed by atoms with Gasteiger partial charge in [-0.25, -0.2) is 0 Å². The highest BCUT2D eigenvalue weighted by Gasteiger charge is 2.14. The summed E-state index contributed by atoms with van der Waals surface area (Å²) < 4.78 is 5.84. The largest absolute Gasteiger partial charge is 0.416 e. The molecule has 6 heteroatoms. The van der Waals surface area contributed by atoms with Crippen LogP contribution in [0.5, 0.6) is 0 Å². The van der Waals surface area contributed by atoms with E-state index in [-0.39, 0.29) is 0 Å². The summed E-state index contributed by atoms with van der Waals surface area (Å²) >= 11 is 0. The molecule has 1 N–H and O–H groups in total. The first kappa shape index (κ1) is 16.0. The van der Waals surface area contributed by atoms with E-state index in [2.05, 4.69) is 40.3 Å². The van der Waals surface area contributed by atoms with E-state index >= 15 is 0 Å². The lowest BCUT2D eigenvalue weighted by Gasteiger charge is -2.07. The van der Waals surface area contributed by atoms with Crippen LogP contribution in [0.2, 0.25) is 0 Å². The first-order chi connectivity index (χ1) is 12.6. The number of aromatic amines is 1. The van der Waals surface area contributed by atoms with Gasteiger partial charge in [0.05, 0.1) is 23.3 Å². The number of nitriles is 1. The highest BCUT2D eigenvalue weighted by molar-refractivity contribution is 5.82. The van der Waals surface area contributed by atoms with Crippen molar-refractivity contribution in [3.63, 3.8) is 0 Å². The molecule has 0 fully saturated rings. The number of hydrogen-bond acceptors (Lipinski definition) is 5. The van der Waals surface area contributed by atoms with Crippen molar-refractivity contribution in [3.8, 4) is 29.0 Å². The Balaban J connectivity index is 1.68. The van der Waals surface area contributed by atoms with Crippen molar-refractivity contribution in [2.45, 2.75) is 20.3 Å². The molecule has 2 aromatic carbocycles. The maximum absolute atomic E-state index is 9.44. The Hall–Kier alpha value is -3.46. The summed E-state index contributed by atoms with van der Waals surface area (Å²) in [7, 11) is 0. The molecule has 26 heavy (non-hydrogen) atoms. The molecule has 0 aliphatic carbocycles. The molecule has 0 amide bonds. The predicted octanol–water partition coefficient (Wildman–Crippen LogP) is 4.35. The maximum atomic E-state index is 9.44. The Bertz CT molecular complexity index is 1120. The number of rotatable bonds is 4. The third-order valence-corrected chi connectivity index (χ3v) is 4.22. The molecule has 0 atom stereocenters. The molecular weight excluding hydrogens is 326 g/mol. The van der Waals surface area contributed by atoms with Gasteiger partial charge in [0.15, 0.2) is 0 Å². The lowest BCUT2D eigenvalue weighted by Crippen LogP contribution is -1.97. The van der Waals surface area contributed by atoms with E-state index in [1.165, 1.54) is 0 Å². The van der Waals surface area contributed by atoms with Crippen molar-refractivity contribution in [2.24, 2.45) is 5.92 Å². The van der Waals surface area contributed by atoms with Gasteiger partial charge in [-0.3, -0.25) is 5.10 Å². The molecule has 128 valence electrons. The molecule has 0 saturated carbocycles. The van der Waals surface area contributed by atoms with Crippen LogP contribution in [0.4, 0.5) is 0 Å². The lowest BCUT2D eigenvalue weighted by molar-refractivity contribution is 0.584. The zero-order valence-electron chi connectivity index (χ0n) is 14.5. The first-order valence-corrected chi connectivity index (χ1v) is 8.44. The zero-order chi connectivity index (χ0) is 18.1. The fourth-order valence-corrected chi connectivity index (χ4v) is 2.96. The van der Waals surface area contributed by atoms with E-state index in [0.29, 0.717) is 23.3 Å². The van der Waals surface area contributed by atoms with Crippen LogP contribution in [0.15, 0.2) is 47.0 Å². The third-order valence-electron chi connectivity index (χ3n) is 4.22. The Morgan fingerprint density at radius 2 is 1.81 bits per heavy atom. The van der Waals surface area contributed by atoms with E-state index in [1.807, 2.05) is 36.4 Å². The normalized spacial score (nSPS) is 11.2. The zero-order valence-corrected chi connectivity index (χ0v) is 14.5. The van der Waals surface area contributed by atoms with Crippen LogP contribution >= 0.6 is 0 Å². The SMILES string of the molecule is CC(C)Cc1ccc(-c2nnc(-c3ccc4[nH]ncc4c3)o2)cc1C#N. The van der Waals surface area contributed by atoms with E-state index in [4.69, 9.17) is 4.42 Å². The maximum Gasteiger partial charge on any atom is 0.248 e. The molecule has 6 nitrogen and oxygen atoms in total. The highest BCUT2D eigenvalue weighted by Crippen LogP contribution is 2.27. The smallest absolute Gasteiger partial charge is 0.248 e. The molecule has 0 unspecified atom stereocenters. The van der Waals surface area contributed by atoms with Gasteiger partial charge in [-0.2, -0.15) is 10.4 Å². The van der Waals surface area contributed by atoms with Crippen LogP contribution in [0.25, 0.3) is 33.8 Å². The van der Waals surface area contributed by atoms with Crippen LogP contribution < -0.4 is 0 Å². The van der Waals surface area contributed by atoms with Gasteiger partial charge in [0, 0.05) is 16.5 Å². The molecule has 4 aromatic rings. The van der Waals surface area contributed by atoms with Crippen molar-refractivity contribution < 1.29 is 4.42 Å². The summed E-state index contributed by atoms with van der Waals surface area (Å²) in [5.74, 6) is 1.33. The van der Waals surface area contributed by atoms with Crippen molar-refractivity contribution in [1.82, 2.24) is 20.4 Å². The van der Waals surface area contributed by atoms with Gasteiger partial charge in [-0.15, -0.1) is 10.2 Å². The standard InChI is InChI=1S/C20H17N5O/c1-12(2)7-13-3-4-14(8-16(13)10-21)19-24-25-20(26-19)15-5-6-18-17(9-15)11-22-23-18/h3-6,8-9,11-12H,7H2,1-2H3,(H,22,23). The minimum atomic E-state index is 0.403. The van der Waals surface area contributed by atoms with E-state index < -0.39 is 0 Å². The van der Waals surface area contributed by atoms with Crippen LogP contribution in [-0.2, 0) is 6.42 Å². The fraction of sp³-hybridized carbons (Fsp3) is 0.200. The van der Waals surface area contributed by atoms with Gasteiger partial charge in [-0.05, 0) is 48.2 Å². The molecule has 0 aliphatic rings. The van der Waals surface area contributed by atoms with Gasteiger partial charge in [-0.1, -0.05) is 19.9 Å². The van der Waals surface area contributed by atoms with Gasteiger partial charge in [0.2, 0.25) is 11.8 Å². The number of H-pyrrole nitrogens is 1. The Labute approximate surface area is 150 Å². The minimum Gasteiger partial charge on any atom is -0.416 e. The van der Waals surface area contributed by atoms with Crippen molar-refractivity contribution in [2.75, 3.05) is 0 Å². The first-order valence-electron chi connectivity index (χ1n) is 8.44. The second-order valence-electron chi connectivity index (χ2n) is 6.67. The molecular formula is C20H17N5O. The fourth-order valence-electron chi connectivity index (χ4n) is 2.96. The third kappa shape index (κ3) is 2.95. The molecule has 0 bridgehead atoms. The minimum absolute atomic E-state index is 0.403. The van der Waals surface area contributed by atoms with Crippen LogP contribution in [0.1, 0.15) is 25.0 Å². The van der Waals surface area contributed by atoms with Crippen LogP contribution in [0.3, 0.4) is 0 Å². The number of nitrogens with zero attached hydrogens (tertiary/aromatic N) is 4. The summed E-state index contributed by atoms with van der Waals surface area (Å²) in [5.41, 5.74) is 4.21. The number of nitrogens with one attached hydrogen (secondary N) is 1. The number of aromatic nitrogens is 4. The predicted molar refractivity (Wildman–Crippen MR) is 98.1 cm³/mol. The summed E-state index contributed by atoms with van der Waals surface area (Å²) in [6, 6.07) is 13.8. The Morgan fingerprint density at radius 3 is 2.54 bits per heavy atom. The Kier molecular flexibility index (Phi) is 3.98. The van der Waals surface area contributed by atoms with Gasteiger partial charge in [0.1, 0.15) is 0 Å². The second-order valence-corrected chi connectivity index (χ2v) is 6.67. The van der Waals surface area contributed by atoms with E-state index in [1.54, 1.807) is 6.20 Å². The summed E-state index contributed by atoms with van der Waals surface area (Å²) in [5, 5.41) is 25.6. The molecule has 0 aliphatic heterocycles. The van der Waals surface area contributed by atoms with Gasteiger partial charge < -0.3 is 4.42 Å². The topological polar surface area (TPSA) is 91.4 Å². The molecule has 2 heterocycles. The van der Waals surface area contributed by atoms with Crippen molar-refractivity contribution >= 4 is 10.9 Å². The average molecular weight is 343 g/mol. The summed E-state index contributed by atoms with van der Waals surface area (Å²) in [6.45, 7) is 4.27. The highest BCUT2D eigenvalue weighted by atomic mass is 16.4. The monoisotopic (exact) mass is 343 g/mol. The van der Waals surface area contributed by atoms with Gasteiger partial charge >= 0.3 is 0 Å². The summed E-state index contributed by atoms with van der Waals surface area (Å²) in [6.07, 6.45) is 2.62. The number of fused-ring (bicyclic) bond motifs is 1. The summed E-state index contributed by atoms with van der Waals surface area (Å²) in [4.78, 5) is 0. The van der Waals surface area contributed by atoms with Crippen molar-refractivity contribution in [1.29, 1.82) is 5.26 Å². The quantitative estimate of drug-likeness (QED) is 0.595. The molecule has 0 radical (unpaired) electrons. The average Bonchev–Trinajstić information content (AvgIpc) is 3.30. The van der Waals surface area contributed by atoms with Crippen LogP contribution in [-0.4, -0.2) is 20.4 Å². The molecule has 0 saturated heterocycles. The second kappa shape index (κ2) is 6.45. The number of hydrogen-bond donors (Lipinski definition) is 1. The lowest BCUT2D eigenvalue weighted by atomic mass is 9.97.